The highest BCUT2D eigenvalue weighted by molar-refractivity contribution is 7.87. The number of halogens is 8. The Morgan fingerprint density at radius 2 is 1.51 bits per heavy atom. The Hall–Kier alpha value is -4.40. The molecule has 0 saturated heterocycles. The zero-order chi connectivity index (χ0) is 32.8. The van der Waals surface area contributed by atoms with Crippen LogP contribution in [0.1, 0.15) is 42.9 Å². The first-order chi connectivity index (χ1) is 21.1. The molecule has 1 unspecified atom stereocenters. The quantitative estimate of drug-likeness (QED) is 0.0869. The minimum absolute atomic E-state index is 0.0143. The van der Waals surface area contributed by atoms with Crippen molar-refractivity contribution in [2.45, 2.75) is 43.4 Å². The number of nitrogens with zero attached hydrogens (tertiary/aromatic N) is 1. The summed E-state index contributed by atoms with van der Waals surface area (Å²) in [5.41, 5.74) is 0.404. The molecule has 238 valence electrons. The number of hydrogen-bond acceptors (Lipinski definition) is 6. The second-order valence-electron chi connectivity index (χ2n) is 10.2. The zero-order valence-corrected chi connectivity index (χ0v) is 24.0. The fraction of sp³-hybridized carbons (Fsp3) is 0.233. The summed E-state index contributed by atoms with van der Waals surface area (Å²) < 4.78 is 151. The first-order valence-corrected chi connectivity index (χ1v) is 14.6. The van der Waals surface area contributed by atoms with E-state index in [9.17, 15) is 43.5 Å². The molecule has 0 aliphatic carbocycles. The summed E-state index contributed by atoms with van der Waals surface area (Å²) in [7, 11) is -5.17. The molecule has 5 rings (SSSR count). The van der Waals surface area contributed by atoms with Crippen molar-refractivity contribution in [1.29, 1.82) is 0 Å². The largest absolute Gasteiger partial charge is 0.493 e. The van der Waals surface area contributed by atoms with Crippen LogP contribution in [0.4, 0.5) is 35.1 Å². The molecule has 15 heteroatoms. The topological polar surface area (TPSA) is 74.7 Å². The van der Waals surface area contributed by atoms with Crippen molar-refractivity contribution in [3.63, 3.8) is 0 Å². The van der Waals surface area contributed by atoms with Crippen LogP contribution in [0.2, 0.25) is 0 Å². The lowest BCUT2D eigenvalue weighted by atomic mass is 9.82. The van der Waals surface area contributed by atoms with Gasteiger partial charge in [-0.2, -0.15) is 30.4 Å². The molecule has 45 heavy (non-hydrogen) atoms. The van der Waals surface area contributed by atoms with Gasteiger partial charge in [-0.1, -0.05) is 12.1 Å². The molecule has 4 aromatic rings. The van der Waals surface area contributed by atoms with Crippen molar-refractivity contribution >= 4 is 10.1 Å². The summed E-state index contributed by atoms with van der Waals surface area (Å²) >= 11 is 0. The van der Waals surface area contributed by atoms with Gasteiger partial charge in [0.2, 0.25) is 40.7 Å². The van der Waals surface area contributed by atoms with Crippen molar-refractivity contribution in [2.75, 3.05) is 6.61 Å². The second kappa shape index (κ2) is 11.8. The first kappa shape index (κ1) is 32.0. The summed E-state index contributed by atoms with van der Waals surface area (Å²) in [5, 5.41) is 0. The number of benzene rings is 3. The third-order valence-electron chi connectivity index (χ3n) is 6.84. The molecule has 1 aliphatic heterocycles. The minimum Gasteiger partial charge on any atom is -0.493 e. The molecular formula is C30H21F8NO5S. The molecule has 0 radical (unpaired) electrons. The molecule has 0 N–H and O–H groups in total. The Kier molecular flexibility index (Phi) is 8.42. The van der Waals surface area contributed by atoms with Gasteiger partial charge in [0.1, 0.15) is 10.6 Å². The predicted octanol–water partition coefficient (Wildman–Crippen LogP) is 7.93. The van der Waals surface area contributed by atoms with Gasteiger partial charge >= 0.3 is 16.3 Å². The van der Waals surface area contributed by atoms with Gasteiger partial charge in [0, 0.05) is 35.4 Å². The average molecular weight is 660 g/mol. The van der Waals surface area contributed by atoms with E-state index in [0.29, 0.717) is 16.7 Å². The van der Waals surface area contributed by atoms with Crippen LogP contribution in [-0.4, -0.2) is 26.1 Å². The Labute approximate surface area is 251 Å². The van der Waals surface area contributed by atoms with E-state index in [1.54, 1.807) is 19.9 Å². The molecule has 2 heterocycles. The fourth-order valence-electron chi connectivity index (χ4n) is 4.80. The van der Waals surface area contributed by atoms with E-state index in [0.717, 1.165) is 24.3 Å². The number of ether oxygens (including phenoxy) is 2. The molecular weight excluding hydrogens is 638 g/mol. The SMILES string of the molecule is CC(C)Oc1ccc(-c2cc(C(F)(F)F)ccc2C2CCOc3cc(S(=O)(=O)Oc4c(F)c(F)c(F)c(F)c4F)ccc32)cn1. The van der Waals surface area contributed by atoms with Gasteiger partial charge in [-0.25, -0.2) is 18.2 Å². The fourth-order valence-corrected chi connectivity index (χ4v) is 5.75. The van der Waals surface area contributed by atoms with Crippen molar-refractivity contribution in [1.82, 2.24) is 4.98 Å². The molecule has 0 spiro atoms. The second-order valence-corrected chi connectivity index (χ2v) is 11.7. The first-order valence-electron chi connectivity index (χ1n) is 13.2. The van der Waals surface area contributed by atoms with E-state index < -0.39 is 67.5 Å². The number of hydrogen-bond donors (Lipinski definition) is 0. The van der Waals surface area contributed by atoms with Crippen LogP contribution in [0, 0.1) is 29.1 Å². The monoisotopic (exact) mass is 659 g/mol. The molecule has 0 amide bonds. The highest BCUT2D eigenvalue weighted by Crippen LogP contribution is 2.45. The number of alkyl halides is 3. The molecule has 0 saturated carbocycles. The van der Waals surface area contributed by atoms with Gasteiger partial charge in [-0.05, 0) is 55.7 Å². The Balaban J connectivity index is 1.55. The summed E-state index contributed by atoms with van der Waals surface area (Å²) in [4.78, 5) is 3.44. The summed E-state index contributed by atoms with van der Waals surface area (Å²) in [5.74, 6) is -14.7. The maximum absolute atomic E-state index is 14.1. The third-order valence-corrected chi connectivity index (χ3v) is 8.05. The van der Waals surface area contributed by atoms with E-state index in [1.807, 2.05) is 0 Å². The Morgan fingerprint density at radius 3 is 2.11 bits per heavy atom. The van der Waals surface area contributed by atoms with E-state index >= 15 is 0 Å². The van der Waals surface area contributed by atoms with Crippen LogP contribution in [0.15, 0.2) is 59.6 Å². The molecule has 0 bridgehead atoms. The van der Waals surface area contributed by atoms with Gasteiger partial charge in [0.25, 0.3) is 0 Å². The van der Waals surface area contributed by atoms with E-state index in [-0.39, 0.29) is 36.3 Å². The summed E-state index contributed by atoms with van der Waals surface area (Å²) in [6.45, 7) is 3.55. The standard InChI is InChI=1S/C30H21F8NO5S/c1-14(2)43-23-8-3-15(13-39-23)21-11-16(30(36,37)38)4-6-18(21)19-9-10-42-22-12-17(5-7-20(19)22)45(40,41)44-29-27(34)25(32)24(31)26(33)28(29)35/h3-8,11-14,19H,9-10H2,1-2H3. The minimum atomic E-state index is -5.17. The van der Waals surface area contributed by atoms with Gasteiger partial charge < -0.3 is 13.7 Å². The van der Waals surface area contributed by atoms with Crippen LogP contribution >= 0.6 is 0 Å². The van der Waals surface area contributed by atoms with Crippen molar-refractivity contribution in [3.8, 4) is 28.5 Å². The normalized spacial score (nSPS) is 15.0. The van der Waals surface area contributed by atoms with Crippen LogP contribution in [0.3, 0.4) is 0 Å². The zero-order valence-electron chi connectivity index (χ0n) is 23.2. The van der Waals surface area contributed by atoms with Crippen molar-refractivity contribution < 1.29 is 57.2 Å². The number of rotatable bonds is 7. The predicted molar refractivity (Wildman–Crippen MR) is 143 cm³/mol. The Bertz CT molecular complexity index is 1850. The van der Waals surface area contributed by atoms with Crippen LogP contribution in [0.25, 0.3) is 11.1 Å². The highest BCUT2D eigenvalue weighted by Gasteiger charge is 2.35. The van der Waals surface area contributed by atoms with Crippen LogP contribution in [-0.2, 0) is 16.3 Å². The van der Waals surface area contributed by atoms with Crippen molar-refractivity contribution in [3.05, 3.63) is 101 Å². The number of aromatic nitrogens is 1. The van der Waals surface area contributed by atoms with Crippen molar-refractivity contribution in [2.24, 2.45) is 0 Å². The maximum atomic E-state index is 14.1. The van der Waals surface area contributed by atoms with Crippen LogP contribution in [0.5, 0.6) is 17.4 Å². The molecule has 1 aromatic heterocycles. The molecule has 6 nitrogen and oxygen atoms in total. The van der Waals surface area contributed by atoms with E-state index in [4.69, 9.17) is 9.47 Å². The van der Waals surface area contributed by atoms with E-state index in [1.165, 1.54) is 24.4 Å². The lowest BCUT2D eigenvalue weighted by molar-refractivity contribution is -0.137. The maximum Gasteiger partial charge on any atom is 0.416 e. The highest BCUT2D eigenvalue weighted by atomic mass is 32.2. The number of pyridine rings is 1. The lowest BCUT2D eigenvalue weighted by Gasteiger charge is -2.29. The van der Waals surface area contributed by atoms with Gasteiger partial charge in [-0.3, -0.25) is 0 Å². The summed E-state index contributed by atoms with van der Waals surface area (Å²) in [6.07, 6.45) is -3.22. The van der Waals surface area contributed by atoms with Gasteiger partial charge in [0.05, 0.1) is 18.3 Å². The molecule has 1 atom stereocenters. The van der Waals surface area contributed by atoms with E-state index in [2.05, 4.69) is 9.17 Å². The van der Waals surface area contributed by atoms with Crippen LogP contribution < -0.4 is 13.7 Å². The smallest absolute Gasteiger partial charge is 0.416 e. The number of fused-ring (bicyclic) bond motifs is 1. The summed E-state index contributed by atoms with van der Waals surface area (Å²) in [6, 6.07) is 9.38. The Morgan fingerprint density at radius 1 is 0.867 bits per heavy atom. The lowest BCUT2D eigenvalue weighted by Crippen LogP contribution is -2.18. The molecule has 1 aliphatic rings. The van der Waals surface area contributed by atoms with Gasteiger partial charge in [0.15, 0.2) is 0 Å². The third kappa shape index (κ3) is 6.26. The molecule has 3 aromatic carbocycles. The molecule has 0 fully saturated rings. The van der Waals surface area contributed by atoms with Gasteiger partial charge in [-0.15, -0.1) is 0 Å². The average Bonchev–Trinajstić information content (AvgIpc) is 3.00.